The van der Waals surface area contributed by atoms with Gasteiger partial charge >= 0.3 is 0 Å². The number of hydrogen-bond acceptors (Lipinski definition) is 4. The molecule has 0 spiro atoms. The molecule has 1 aromatic heterocycles. The van der Waals surface area contributed by atoms with Crippen LogP contribution in [0.1, 0.15) is 32.2 Å². The fourth-order valence-electron chi connectivity index (χ4n) is 3.70. The van der Waals surface area contributed by atoms with Crippen molar-refractivity contribution in [2.45, 2.75) is 40.2 Å². The number of carbonyl (C=O) groups is 1. The normalized spacial score (nSPS) is 15.8. The Morgan fingerprint density at radius 3 is 2.30 bits per heavy atom. The largest absolute Gasteiger partial charge is 0.366 e. The van der Waals surface area contributed by atoms with Crippen molar-refractivity contribution in [3.05, 3.63) is 41.7 Å². The van der Waals surface area contributed by atoms with E-state index in [-0.39, 0.29) is 11.4 Å². The molecule has 2 heterocycles. The van der Waals surface area contributed by atoms with Crippen molar-refractivity contribution in [3.63, 3.8) is 0 Å². The number of hydrogen-bond donors (Lipinski definition) is 1. The molecule has 0 atom stereocenters. The van der Waals surface area contributed by atoms with Gasteiger partial charge < -0.3 is 10.2 Å². The number of amides is 1. The van der Waals surface area contributed by atoms with Crippen LogP contribution in [0.5, 0.6) is 0 Å². The lowest BCUT2D eigenvalue weighted by Crippen LogP contribution is -2.52. The van der Waals surface area contributed by atoms with Gasteiger partial charge in [0.2, 0.25) is 5.91 Å². The van der Waals surface area contributed by atoms with Crippen molar-refractivity contribution in [1.82, 2.24) is 20.0 Å². The minimum atomic E-state index is -0.181. The van der Waals surface area contributed by atoms with Crippen LogP contribution in [0.15, 0.2) is 30.3 Å². The lowest BCUT2D eigenvalue weighted by atomic mass is 10.1. The molecule has 1 aliphatic heterocycles. The molecule has 1 aromatic carbocycles. The lowest BCUT2D eigenvalue weighted by Gasteiger charge is -2.36. The van der Waals surface area contributed by atoms with Gasteiger partial charge in [0.15, 0.2) is 0 Å². The lowest BCUT2D eigenvalue weighted by molar-refractivity contribution is -0.123. The minimum absolute atomic E-state index is 0.0974. The third kappa shape index (κ3) is 4.69. The summed E-state index contributed by atoms with van der Waals surface area (Å²) in [7, 11) is 0. The highest BCUT2D eigenvalue weighted by atomic mass is 16.2. The summed E-state index contributed by atoms with van der Waals surface area (Å²) in [6.45, 7) is 14.3. The zero-order valence-electron chi connectivity index (χ0n) is 17.1. The number of aryl methyl sites for hydroxylation is 1. The molecule has 1 aliphatic rings. The maximum atomic E-state index is 12.2. The van der Waals surface area contributed by atoms with Crippen LogP contribution in [0.2, 0.25) is 0 Å². The molecule has 6 heteroatoms. The first-order valence-electron chi connectivity index (χ1n) is 9.64. The molecule has 0 bridgehead atoms. The summed E-state index contributed by atoms with van der Waals surface area (Å²) in [5, 5.41) is 7.80. The second-order valence-corrected chi connectivity index (χ2v) is 8.33. The molecule has 3 rings (SSSR count). The number of aromatic nitrogens is 2. The highest BCUT2D eigenvalue weighted by Crippen LogP contribution is 2.27. The van der Waals surface area contributed by atoms with E-state index in [1.54, 1.807) is 0 Å². The standard InChI is InChI=1S/C21H31N5O/c1-16-20(17(2)26(23-16)18-9-7-6-8-10-18)25-13-11-24(12-14-25)15-19(27)22-21(3,4)5/h6-10H,11-15H2,1-5H3,(H,22,27). The summed E-state index contributed by atoms with van der Waals surface area (Å²) in [6, 6.07) is 10.2. The van der Waals surface area contributed by atoms with Crippen molar-refractivity contribution in [1.29, 1.82) is 0 Å². The number of piperazine rings is 1. The highest BCUT2D eigenvalue weighted by Gasteiger charge is 2.25. The molecule has 2 aromatic rings. The van der Waals surface area contributed by atoms with Gasteiger partial charge in [0.1, 0.15) is 0 Å². The Morgan fingerprint density at radius 2 is 1.70 bits per heavy atom. The van der Waals surface area contributed by atoms with E-state index in [1.165, 1.54) is 5.69 Å². The third-order valence-electron chi connectivity index (χ3n) is 4.82. The summed E-state index contributed by atoms with van der Waals surface area (Å²) in [6.07, 6.45) is 0. The summed E-state index contributed by atoms with van der Waals surface area (Å²) >= 11 is 0. The molecule has 0 saturated carbocycles. The SMILES string of the molecule is Cc1nn(-c2ccccc2)c(C)c1N1CCN(CC(=O)NC(C)(C)C)CC1. The Balaban J connectivity index is 1.65. The summed E-state index contributed by atoms with van der Waals surface area (Å²) in [5.41, 5.74) is 4.34. The van der Waals surface area contributed by atoms with Gasteiger partial charge in [-0.25, -0.2) is 4.68 Å². The van der Waals surface area contributed by atoms with E-state index in [9.17, 15) is 4.79 Å². The van der Waals surface area contributed by atoms with E-state index < -0.39 is 0 Å². The zero-order valence-corrected chi connectivity index (χ0v) is 17.1. The van der Waals surface area contributed by atoms with E-state index in [0.717, 1.165) is 43.3 Å². The van der Waals surface area contributed by atoms with Crippen molar-refractivity contribution >= 4 is 11.6 Å². The van der Waals surface area contributed by atoms with Gasteiger partial charge in [0, 0.05) is 31.7 Å². The molecule has 1 amide bonds. The second-order valence-electron chi connectivity index (χ2n) is 8.33. The van der Waals surface area contributed by atoms with Crippen LogP contribution in [0.3, 0.4) is 0 Å². The van der Waals surface area contributed by atoms with Crippen LogP contribution in [0, 0.1) is 13.8 Å². The maximum Gasteiger partial charge on any atom is 0.234 e. The number of anilines is 1. The van der Waals surface area contributed by atoms with Gasteiger partial charge in [-0.2, -0.15) is 5.10 Å². The first-order chi connectivity index (χ1) is 12.7. The predicted molar refractivity (Wildman–Crippen MR) is 110 cm³/mol. The van der Waals surface area contributed by atoms with Crippen LogP contribution < -0.4 is 10.2 Å². The van der Waals surface area contributed by atoms with Gasteiger partial charge in [0.25, 0.3) is 0 Å². The average molecular weight is 370 g/mol. The Labute approximate surface area is 162 Å². The maximum absolute atomic E-state index is 12.2. The molecule has 0 radical (unpaired) electrons. The summed E-state index contributed by atoms with van der Waals surface area (Å²) < 4.78 is 2.02. The van der Waals surface area contributed by atoms with Crippen LogP contribution in [0.25, 0.3) is 5.69 Å². The minimum Gasteiger partial charge on any atom is -0.366 e. The molecular weight excluding hydrogens is 338 g/mol. The van der Waals surface area contributed by atoms with E-state index in [4.69, 9.17) is 5.10 Å². The first-order valence-corrected chi connectivity index (χ1v) is 9.64. The fourth-order valence-corrected chi connectivity index (χ4v) is 3.70. The number of carbonyl (C=O) groups excluding carboxylic acids is 1. The molecule has 1 fully saturated rings. The highest BCUT2D eigenvalue weighted by molar-refractivity contribution is 5.78. The Kier molecular flexibility index (Phi) is 5.56. The monoisotopic (exact) mass is 369 g/mol. The Bertz CT molecular complexity index is 783. The van der Waals surface area contributed by atoms with E-state index in [0.29, 0.717) is 6.54 Å². The molecule has 1 saturated heterocycles. The van der Waals surface area contributed by atoms with Crippen LogP contribution in [0.4, 0.5) is 5.69 Å². The molecule has 6 nitrogen and oxygen atoms in total. The van der Waals surface area contributed by atoms with Gasteiger partial charge in [-0.1, -0.05) is 18.2 Å². The van der Waals surface area contributed by atoms with Crippen molar-refractivity contribution in [2.24, 2.45) is 0 Å². The topological polar surface area (TPSA) is 53.4 Å². The molecule has 27 heavy (non-hydrogen) atoms. The fraction of sp³-hybridized carbons (Fsp3) is 0.524. The van der Waals surface area contributed by atoms with Crippen molar-refractivity contribution in [2.75, 3.05) is 37.6 Å². The Hall–Kier alpha value is -2.34. The molecule has 1 N–H and O–H groups in total. The Morgan fingerprint density at radius 1 is 1.07 bits per heavy atom. The number of para-hydroxylation sites is 1. The summed E-state index contributed by atoms with van der Waals surface area (Å²) in [5.74, 6) is 0.0974. The quantitative estimate of drug-likeness (QED) is 0.900. The second kappa shape index (κ2) is 7.72. The van der Waals surface area contributed by atoms with Crippen LogP contribution in [-0.2, 0) is 4.79 Å². The van der Waals surface area contributed by atoms with Crippen molar-refractivity contribution < 1.29 is 4.79 Å². The van der Waals surface area contributed by atoms with E-state index in [1.807, 2.05) is 43.7 Å². The van der Waals surface area contributed by atoms with E-state index in [2.05, 4.69) is 41.1 Å². The smallest absolute Gasteiger partial charge is 0.234 e. The molecule has 0 unspecified atom stereocenters. The average Bonchev–Trinajstić information content (AvgIpc) is 2.89. The van der Waals surface area contributed by atoms with Gasteiger partial charge in [0.05, 0.1) is 29.3 Å². The number of benzene rings is 1. The van der Waals surface area contributed by atoms with E-state index >= 15 is 0 Å². The number of nitrogens with one attached hydrogen (secondary N) is 1. The molecule has 146 valence electrons. The van der Waals surface area contributed by atoms with Crippen LogP contribution >= 0.6 is 0 Å². The summed E-state index contributed by atoms with van der Waals surface area (Å²) in [4.78, 5) is 16.8. The number of rotatable bonds is 4. The number of nitrogens with zero attached hydrogens (tertiary/aromatic N) is 4. The van der Waals surface area contributed by atoms with Gasteiger partial charge in [-0.05, 0) is 46.8 Å². The van der Waals surface area contributed by atoms with Gasteiger partial charge in [-0.3, -0.25) is 9.69 Å². The molecule has 0 aliphatic carbocycles. The molecular formula is C21H31N5O. The third-order valence-corrected chi connectivity index (χ3v) is 4.82. The van der Waals surface area contributed by atoms with Crippen molar-refractivity contribution in [3.8, 4) is 5.69 Å². The first kappa shape index (κ1) is 19.4. The van der Waals surface area contributed by atoms with Crippen LogP contribution in [-0.4, -0.2) is 58.9 Å². The zero-order chi connectivity index (χ0) is 19.6. The van der Waals surface area contributed by atoms with Gasteiger partial charge in [-0.15, -0.1) is 0 Å². The predicted octanol–water partition coefficient (Wildman–Crippen LogP) is 2.53.